The van der Waals surface area contributed by atoms with Gasteiger partial charge in [-0.1, -0.05) is 13.8 Å². The van der Waals surface area contributed by atoms with Crippen molar-refractivity contribution >= 4 is 5.91 Å². The minimum absolute atomic E-state index is 0.0498. The molecule has 0 aliphatic rings. The summed E-state index contributed by atoms with van der Waals surface area (Å²) in [6, 6.07) is 1.01. The van der Waals surface area contributed by atoms with Gasteiger partial charge in [-0.05, 0) is 18.9 Å². The summed E-state index contributed by atoms with van der Waals surface area (Å²) in [6.45, 7) is 5.42. The summed E-state index contributed by atoms with van der Waals surface area (Å²) in [7, 11) is 0. The molecule has 25 heavy (non-hydrogen) atoms. The molecule has 0 saturated carbocycles. The quantitative estimate of drug-likeness (QED) is 0.865. The molecule has 6 nitrogen and oxygen atoms in total. The first-order valence-corrected chi connectivity index (χ1v) is 7.91. The first-order valence-electron chi connectivity index (χ1n) is 7.91. The van der Waals surface area contributed by atoms with Crippen LogP contribution in [0.15, 0.2) is 18.5 Å². The van der Waals surface area contributed by atoms with Crippen LogP contribution in [0.4, 0.5) is 13.2 Å². The molecule has 1 N–H and O–H groups in total. The van der Waals surface area contributed by atoms with Gasteiger partial charge >= 0.3 is 6.18 Å². The van der Waals surface area contributed by atoms with E-state index in [1.165, 1.54) is 19.3 Å². The van der Waals surface area contributed by atoms with Crippen LogP contribution in [0.5, 0.6) is 0 Å². The van der Waals surface area contributed by atoms with Crippen LogP contribution in [-0.2, 0) is 19.1 Å². The minimum Gasteiger partial charge on any atom is -0.352 e. The number of aryl methyl sites for hydroxylation is 2. The summed E-state index contributed by atoms with van der Waals surface area (Å²) >= 11 is 0. The van der Waals surface area contributed by atoms with Gasteiger partial charge in [0.1, 0.15) is 11.5 Å². The molecule has 0 spiro atoms. The number of nitrogens with one attached hydrogen (secondary N) is 1. The van der Waals surface area contributed by atoms with Crippen molar-refractivity contribution in [1.82, 2.24) is 25.1 Å². The lowest BCUT2D eigenvalue weighted by Crippen LogP contribution is -2.31. The third kappa shape index (κ3) is 5.01. The first kappa shape index (κ1) is 18.9. The Hall–Kier alpha value is -2.45. The number of carbonyl (C=O) groups is 1. The van der Waals surface area contributed by atoms with E-state index in [4.69, 9.17) is 0 Å². The van der Waals surface area contributed by atoms with E-state index < -0.39 is 11.9 Å². The van der Waals surface area contributed by atoms with Gasteiger partial charge in [0.2, 0.25) is 0 Å². The molecular formula is C16H20F3N5O. The third-order valence-corrected chi connectivity index (χ3v) is 3.57. The smallest absolute Gasteiger partial charge is 0.352 e. The van der Waals surface area contributed by atoms with E-state index in [1.54, 1.807) is 6.92 Å². The van der Waals surface area contributed by atoms with Crippen molar-refractivity contribution in [2.75, 3.05) is 6.54 Å². The van der Waals surface area contributed by atoms with Gasteiger partial charge in [0.25, 0.3) is 5.91 Å². The highest BCUT2D eigenvalue weighted by atomic mass is 19.4. The highest BCUT2D eigenvalue weighted by molar-refractivity contribution is 5.93. The van der Waals surface area contributed by atoms with Crippen molar-refractivity contribution in [3.05, 3.63) is 41.2 Å². The summed E-state index contributed by atoms with van der Waals surface area (Å²) in [5.74, 6) is 0.0426. The first-order chi connectivity index (χ1) is 11.7. The predicted molar refractivity (Wildman–Crippen MR) is 84.9 cm³/mol. The standard InChI is InChI=1S/C16H20F3N5O/c1-4-14-20-7-12(8-21-14)15(25)22-6-10(2)9-24-13(16(17,18)19)5-11(3)23-24/h5,7-8,10H,4,6,9H2,1-3H3,(H,22,25)/t10-/m1/s1. The molecule has 0 bridgehead atoms. The van der Waals surface area contributed by atoms with Crippen LogP contribution in [0.1, 0.15) is 41.4 Å². The van der Waals surface area contributed by atoms with Crippen LogP contribution >= 0.6 is 0 Å². The van der Waals surface area contributed by atoms with Gasteiger partial charge in [-0.25, -0.2) is 9.97 Å². The maximum Gasteiger partial charge on any atom is 0.433 e. The van der Waals surface area contributed by atoms with E-state index in [-0.39, 0.29) is 24.9 Å². The highest BCUT2D eigenvalue weighted by Gasteiger charge is 2.35. The molecule has 0 radical (unpaired) electrons. The number of halogens is 3. The zero-order valence-corrected chi connectivity index (χ0v) is 14.3. The van der Waals surface area contributed by atoms with E-state index in [2.05, 4.69) is 20.4 Å². The summed E-state index contributed by atoms with van der Waals surface area (Å²) in [5.41, 5.74) is -0.168. The highest BCUT2D eigenvalue weighted by Crippen LogP contribution is 2.30. The zero-order valence-electron chi connectivity index (χ0n) is 14.3. The second kappa shape index (κ2) is 7.62. The Balaban J connectivity index is 1.94. The Bertz CT molecular complexity index is 724. The molecule has 9 heteroatoms. The fourth-order valence-electron chi connectivity index (χ4n) is 2.30. The molecule has 0 aliphatic heterocycles. The largest absolute Gasteiger partial charge is 0.433 e. The molecule has 0 saturated heterocycles. The molecular weight excluding hydrogens is 335 g/mol. The fraction of sp³-hybridized carbons (Fsp3) is 0.500. The van der Waals surface area contributed by atoms with Crippen LogP contribution in [0, 0.1) is 12.8 Å². The maximum absolute atomic E-state index is 13.0. The van der Waals surface area contributed by atoms with Crippen molar-refractivity contribution in [3.63, 3.8) is 0 Å². The Morgan fingerprint density at radius 2 is 1.96 bits per heavy atom. The van der Waals surface area contributed by atoms with Gasteiger partial charge in [-0.15, -0.1) is 0 Å². The fourth-order valence-corrected chi connectivity index (χ4v) is 2.30. The van der Waals surface area contributed by atoms with E-state index >= 15 is 0 Å². The Kier molecular flexibility index (Phi) is 5.76. The molecule has 0 aromatic carbocycles. The maximum atomic E-state index is 13.0. The van der Waals surface area contributed by atoms with Crippen LogP contribution in [0.3, 0.4) is 0 Å². The molecule has 0 fully saturated rings. The van der Waals surface area contributed by atoms with Gasteiger partial charge in [0, 0.05) is 31.9 Å². The van der Waals surface area contributed by atoms with Crippen molar-refractivity contribution < 1.29 is 18.0 Å². The molecule has 0 aliphatic carbocycles. The minimum atomic E-state index is -4.46. The van der Waals surface area contributed by atoms with Crippen LogP contribution in [0.2, 0.25) is 0 Å². The lowest BCUT2D eigenvalue weighted by Gasteiger charge is -2.16. The van der Waals surface area contributed by atoms with E-state index in [9.17, 15) is 18.0 Å². The van der Waals surface area contributed by atoms with Gasteiger partial charge in [0.05, 0.1) is 11.3 Å². The Labute approximate surface area is 143 Å². The molecule has 1 amide bonds. The van der Waals surface area contributed by atoms with Gasteiger partial charge in [-0.3, -0.25) is 9.48 Å². The Morgan fingerprint density at radius 3 is 2.52 bits per heavy atom. The number of nitrogens with zero attached hydrogens (tertiary/aromatic N) is 4. The number of rotatable bonds is 6. The second-order valence-electron chi connectivity index (χ2n) is 5.91. The number of hydrogen-bond donors (Lipinski definition) is 1. The van der Waals surface area contributed by atoms with Crippen LogP contribution in [0.25, 0.3) is 0 Å². The summed E-state index contributed by atoms with van der Waals surface area (Å²) in [6.07, 6.45) is -0.915. The van der Waals surface area contributed by atoms with Crippen molar-refractivity contribution in [2.45, 2.75) is 39.9 Å². The van der Waals surface area contributed by atoms with Gasteiger partial charge in [-0.2, -0.15) is 18.3 Å². The topological polar surface area (TPSA) is 72.7 Å². The normalized spacial score (nSPS) is 12.9. The number of hydrogen-bond acceptors (Lipinski definition) is 4. The number of amides is 1. The molecule has 2 rings (SSSR count). The van der Waals surface area contributed by atoms with Gasteiger partial charge < -0.3 is 5.32 Å². The lowest BCUT2D eigenvalue weighted by atomic mass is 10.1. The number of alkyl halides is 3. The summed E-state index contributed by atoms with van der Waals surface area (Å²) in [4.78, 5) is 20.1. The number of aromatic nitrogens is 4. The van der Waals surface area contributed by atoms with Crippen molar-refractivity contribution in [2.24, 2.45) is 5.92 Å². The van der Waals surface area contributed by atoms with E-state index in [0.717, 1.165) is 10.7 Å². The predicted octanol–water partition coefficient (Wildman–Crippen LogP) is 2.63. The van der Waals surface area contributed by atoms with E-state index in [1.807, 2.05) is 6.92 Å². The SMILES string of the molecule is CCc1ncc(C(=O)NC[C@@H](C)Cn2nc(C)cc2C(F)(F)F)cn1. The van der Waals surface area contributed by atoms with Crippen LogP contribution in [-0.4, -0.2) is 32.2 Å². The lowest BCUT2D eigenvalue weighted by molar-refractivity contribution is -0.144. The zero-order chi connectivity index (χ0) is 18.6. The second-order valence-corrected chi connectivity index (χ2v) is 5.91. The summed E-state index contributed by atoms with van der Waals surface area (Å²) < 4.78 is 39.8. The molecule has 136 valence electrons. The molecule has 2 aromatic heterocycles. The monoisotopic (exact) mass is 355 g/mol. The molecule has 2 heterocycles. The van der Waals surface area contributed by atoms with Crippen LogP contribution < -0.4 is 5.32 Å². The van der Waals surface area contributed by atoms with Gasteiger partial charge in [0.15, 0.2) is 0 Å². The number of carbonyl (C=O) groups excluding carboxylic acids is 1. The third-order valence-electron chi connectivity index (χ3n) is 3.57. The van der Waals surface area contributed by atoms with Crippen molar-refractivity contribution in [1.29, 1.82) is 0 Å². The average molecular weight is 355 g/mol. The Morgan fingerprint density at radius 1 is 1.32 bits per heavy atom. The van der Waals surface area contributed by atoms with Crippen molar-refractivity contribution in [3.8, 4) is 0 Å². The molecule has 0 unspecified atom stereocenters. The molecule has 2 aromatic rings. The summed E-state index contributed by atoms with van der Waals surface area (Å²) in [5, 5.41) is 6.57. The molecule has 1 atom stereocenters. The van der Waals surface area contributed by atoms with E-state index in [0.29, 0.717) is 23.5 Å². The average Bonchev–Trinajstić information content (AvgIpc) is 2.93.